The number of halogens is 1. The highest BCUT2D eigenvalue weighted by molar-refractivity contribution is 14.1. The van der Waals surface area contributed by atoms with Crippen molar-refractivity contribution in [2.45, 2.75) is 0 Å². The van der Waals surface area contributed by atoms with Crippen molar-refractivity contribution < 1.29 is 5.11 Å². The highest BCUT2D eigenvalue weighted by Gasteiger charge is 2.20. The van der Waals surface area contributed by atoms with Crippen molar-refractivity contribution in [2.24, 2.45) is 0 Å². The van der Waals surface area contributed by atoms with Crippen molar-refractivity contribution in [1.82, 2.24) is 0 Å². The lowest BCUT2D eigenvalue weighted by Gasteiger charge is -2.38. The van der Waals surface area contributed by atoms with Gasteiger partial charge in [0.1, 0.15) is 0 Å². The quantitative estimate of drug-likeness (QED) is 0.672. The molecule has 0 bridgehead atoms. The minimum atomic E-state index is 0.223. The molecule has 3 nitrogen and oxygen atoms in total. The zero-order valence-corrected chi connectivity index (χ0v) is 11.4. The molecule has 0 aliphatic carbocycles. The first-order chi connectivity index (χ1) is 7.86. The van der Waals surface area contributed by atoms with Gasteiger partial charge in [-0.25, -0.2) is 0 Å². The standard InChI is InChI=1S/C12H17IN2O/c13-5-6-14-7-8-15(9-10-16)12-4-2-1-3-11(12)14/h1-4,16H,5-10H2. The van der Waals surface area contributed by atoms with Crippen LogP contribution < -0.4 is 9.80 Å². The number of aliphatic hydroxyl groups is 1. The minimum Gasteiger partial charge on any atom is -0.395 e. The van der Waals surface area contributed by atoms with Gasteiger partial charge in [-0.3, -0.25) is 0 Å². The molecule has 1 aliphatic heterocycles. The van der Waals surface area contributed by atoms with Crippen LogP contribution in [0.1, 0.15) is 0 Å². The summed E-state index contributed by atoms with van der Waals surface area (Å²) in [6.07, 6.45) is 0. The first-order valence-electron chi connectivity index (χ1n) is 5.62. The van der Waals surface area contributed by atoms with Gasteiger partial charge < -0.3 is 14.9 Å². The molecule has 2 rings (SSSR count). The highest BCUT2D eigenvalue weighted by Crippen LogP contribution is 2.32. The number of hydrogen-bond donors (Lipinski definition) is 1. The third-order valence-electron chi connectivity index (χ3n) is 2.93. The number of fused-ring (bicyclic) bond motifs is 1. The van der Waals surface area contributed by atoms with E-state index in [0.29, 0.717) is 0 Å². The Hall–Kier alpha value is -0.490. The fraction of sp³-hybridized carbons (Fsp3) is 0.500. The van der Waals surface area contributed by atoms with Crippen molar-refractivity contribution in [3.05, 3.63) is 24.3 Å². The van der Waals surface area contributed by atoms with E-state index in [9.17, 15) is 0 Å². The maximum Gasteiger partial charge on any atom is 0.0606 e. The van der Waals surface area contributed by atoms with E-state index in [-0.39, 0.29) is 6.61 Å². The van der Waals surface area contributed by atoms with Gasteiger partial charge in [0.25, 0.3) is 0 Å². The van der Waals surface area contributed by atoms with Crippen LogP contribution in [-0.4, -0.2) is 42.3 Å². The van der Waals surface area contributed by atoms with E-state index >= 15 is 0 Å². The summed E-state index contributed by atoms with van der Waals surface area (Å²) in [6, 6.07) is 8.47. The lowest BCUT2D eigenvalue weighted by molar-refractivity contribution is 0.301. The predicted octanol–water partition coefficient (Wildman–Crippen LogP) is 1.74. The van der Waals surface area contributed by atoms with E-state index in [1.54, 1.807) is 0 Å². The van der Waals surface area contributed by atoms with E-state index in [0.717, 1.165) is 30.6 Å². The van der Waals surface area contributed by atoms with E-state index in [4.69, 9.17) is 5.11 Å². The molecule has 4 heteroatoms. The summed E-state index contributed by atoms with van der Waals surface area (Å²) in [5.41, 5.74) is 2.56. The minimum absolute atomic E-state index is 0.223. The van der Waals surface area contributed by atoms with E-state index in [2.05, 4.69) is 56.7 Å². The van der Waals surface area contributed by atoms with Gasteiger partial charge in [0.2, 0.25) is 0 Å². The molecule has 88 valence electrons. The first-order valence-corrected chi connectivity index (χ1v) is 7.15. The molecule has 0 aromatic heterocycles. The highest BCUT2D eigenvalue weighted by atomic mass is 127. The number of alkyl halides is 1. The molecule has 1 N–H and O–H groups in total. The van der Waals surface area contributed by atoms with Crippen molar-refractivity contribution in [3.8, 4) is 0 Å². The molecule has 0 atom stereocenters. The van der Waals surface area contributed by atoms with Gasteiger partial charge in [0.15, 0.2) is 0 Å². The van der Waals surface area contributed by atoms with Crippen LogP contribution in [0.25, 0.3) is 0 Å². The zero-order valence-electron chi connectivity index (χ0n) is 9.27. The summed E-state index contributed by atoms with van der Waals surface area (Å²) in [5.74, 6) is 0. The van der Waals surface area contributed by atoms with Crippen LogP contribution in [-0.2, 0) is 0 Å². The van der Waals surface area contributed by atoms with Crippen LogP contribution >= 0.6 is 22.6 Å². The average Bonchev–Trinajstić information content (AvgIpc) is 2.33. The topological polar surface area (TPSA) is 26.7 Å². The van der Waals surface area contributed by atoms with Gasteiger partial charge in [0.05, 0.1) is 18.0 Å². The maximum absolute atomic E-state index is 9.06. The van der Waals surface area contributed by atoms with Gasteiger partial charge in [-0.05, 0) is 12.1 Å². The molecule has 0 spiro atoms. The molecule has 0 amide bonds. The number of nitrogens with zero attached hydrogens (tertiary/aromatic N) is 2. The molecule has 0 radical (unpaired) electrons. The molecular formula is C12H17IN2O. The fourth-order valence-electron chi connectivity index (χ4n) is 2.17. The summed E-state index contributed by atoms with van der Waals surface area (Å²) in [6.45, 7) is 4.12. The Morgan fingerprint density at radius 3 is 2.12 bits per heavy atom. The van der Waals surface area contributed by atoms with Gasteiger partial charge in [-0.15, -0.1) is 0 Å². The lowest BCUT2D eigenvalue weighted by Crippen LogP contribution is -2.42. The number of para-hydroxylation sites is 2. The van der Waals surface area contributed by atoms with Gasteiger partial charge >= 0.3 is 0 Å². The Morgan fingerprint density at radius 2 is 1.62 bits per heavy atom. The number of hydrogen-bond acceptors (Lipinski definition) is 3. The second kappa shape index (κ2) is 5.72. The van der Waals surface area contributed by atoms with E-state index in [1.165, 1.54) is 11.4 Å². The van der Waals surface area contributed by atoms with Gasteiger partial charge in [-0.2, -0.15) is 0 Å². The molecule has 0 fully saturated rings. The van der Waals surface area contributed by atoms with Crippen LogP contribution in [0.4, 0.5) is 11.4 Å². The molecule has 1 aromatic rings. The molecule has 1 aliphatic rings. The number of rotatable bonds is 4. The summed E-state index contributed by atoms with van der Waals surface area (Å²) >= 11 is 2.42. The number of benzene rings is 1. The average molecular weight is 332 g/mol. The Kier molecular flexibility index (Phi) is 4.29. The normalized spacial score (nSPS) is 15.1. The van der Waals surface area contributed by atoms with Crippen molar-refractivity contribution in [3.63, 3.8) is 0 Å². The fourth-order valence-corrected chi connectivity index (χ4v) is 2.75. The predicted molar refractivity (Wildman–Crippen MR) is 76.8 cm³/mol. The lowest BCUT2D eigenvalue weighted by atomic mass is 10.1. The molecule has 1 heterocycles. The third kappa shape index (κ3) is 2.43. The van der Waals surface area contributed by atoms with Crippen LogP contribution in [0.15, 0.2) is 24.3 Å². The number of aliphatic hydroxyl groups excluding tert-OH is 1. The van der Waals surface area contributed by atoms with Crippen molar-refractivity contribution in [1.29, 1.82) is 0 Å². The molecule has 16 heavy (non-hydrogen) atoms. The second-order valence-electron chi connectivity index (χ2n) is 3.88. The monoisotopic (exact) mass is 332 g/mol. The molecule has 0 unspecified atom stereocenters. The van der Waals surface area contributed by atoms with Crippen LogP contribution in [0.3, 0.4) is 0 Å². The zero-order chi connectivity index (χ0) is 11.4. The largest absolute Gasteiger partial charge is 0.395 e. The molecule has 1 aromatic carbocycles. The SMILES string of the molecule is OCCN1CCN(CCI)c2ccccc21. The Labute approximate surface area is 110 Å². The van der Waals surface area contributed by atoms with Crippen LogP contribution in [0.2, 0.25) is 0 Å². The molecule has 0 saturated carbocycles. The number of β-amino-alcohol motifs (C(OH)–C–C–N with tert-alkyl or cyclic N) is 1. The van der Waals surface area contributed by atoms with Crippen molar-refractivity contribution in [2.75, 3.05) is 47.0 Å². The third-order valence-corrected chi connectivity index (χ3v) is 3.41. The maximum atomic E-state index is 9.06. The van der Waals surface area contributed by atoms with Crippen LogP contribution in [0, 0.1) is 0 Å². The Morgan fingerprint density at radius 1 is 1.06 bits per heavy atom. The molecular weight excluding hydrogens is 315 g/mol. The Balaban J connectivity index is 2.25. The smallest absolute Gasteiger partial charge is 0.0606 e. The summed E-state index contributed by atoms with van der Waals surface area (Å²) < 4.78 is 1.14. The summed E-state index contributed by atoms with van der Waals surface area (Å²) in [5, 5.41) is 9.06. The van der Waals surface area contributed by atoms with E-state index in [1.807, 2.05) is 0 Å². The Bertz CT molecular complexity index is 313. The van der Waals surface area contributed by atoms with Crippen molar-refractivity contribution >= 4 is 34.0 Å². The van der Waals surface area contributed by atoms with Gasteiger partial charge in [0, 0.05) is 30.6 Å². The first kappa shape index (κ1) is 12.0. The second-order valence-corrected chi connectivity index (χ2v) is 4.95. The van der Waals surface area contributed by atoms with E-state index < -0.39 is 0 Å². The molecule has 0 saturated heterocycles. The summed E-state index contributed by atoms with van der Waals surface area (Å²) in [7, 11) is 0. The van der Waals surface area contributed by atoms with Crippen LogP contribution in [0.5, 0.6) is 0 Å². The number of anilines is 2. The summed E-state index contributed by atoms with van der Waals surface area (Å²) in [4.78, 5) is 4.69. The van der Waals surface area contributed by atoms with Gasteiger partial charge in [-0.1, -0.05) is 34.7 Å².